The molecule has 0 fully saturated rings. The third-order valence-electron chi connectivity index (χ3n) is 2.12. The van der Waals surface area contributed by atoms with E-state index in [0.717, 1.165) is 24.4 Å². The molecule has 0 aromatic rings. The predicted molar refractivity (Wildman–Crippen MR) is 54.8 cm³/mol. The zero-order valence-electron chi connectivity index (χ0n) is 9.08. The minimum absolute atomic E-state index is 0.00139. The molecule has 0 aromatic heterocycles. The lowest BCUT2D eigenvalue weighted by atomic mass is 10.1. The van der Waals surface area contributed by atoms with Gasteiger partial charge in [-0.3, -0.25) is 0 Å². The summed E-state index contributed by atoms with van der Waals surface area (Å²) < 4.78 is 16.2. The summed E-state index contributed by atoms with van der Waals surface area (Å²) in [5.74, 6) is 1.59. The molecule has 0 saturated heterocycles. The maximum atomic E-state index is 5.62. The highest BCUT2D eigenvalue weighted by Gasteiger charge is 2.21. The molecule has 14 heavy (non-hydrogen) atoms. The van der Waals surface area contributed by atoms with E-state index in [1.807, 2.05) is 12.2 Å². The summed E-state index contributed by atoms with van der Waals surface area (Å²) in [5, 5.41) is 0. The highest BCUT2D eigenvalue weighted by atomic mass is 16.5. The van der Waals surface area contributed by atoms with Crippen molar-refractivity contribution in [3.8, 4) is 0 Å². The number of allylic oxidation sites excluding steroid dienone is 1. The molecule has 0 bridgehead atoms. The molecule has 0 aromatic carbocycles. The average Bonchev–Trinajstić information content (AvgIpc) is 2.25. The second kappa shape index (κ2) is 5.70. The first kappa shape index (κ1) is 11.1. The molecule has 0 amide bonds. The van der Waals surface area contributed by atoms with Gasteiger partial charge in [-0.15, -0.1) is 0 Å². The SMILES string of the molecule is CCCOC1=C(OC)C=CCC1OC. The van der Waals surface area contributed by atoms with Crippen LogP contribution in [0.1, 0.15) is 19.8 Å². The van der Waals surface area contributed by atoms with Crippen molar-refractivity contribution in [2.24, 2.45) is 0 Å². The highest BCUT2D eigenvalue weighted by molar-refractivity contribution is 5.24. The van der Waals surface area contributed by atoms with E-state index < -0.39 is 0 Å². The Balaban J connectivity index is 2.74. The van der Waals surface area contributed by atoms with Gasteiger partial charge in [0.05, 0.1) is 13.7 Å². The smallest absolute Gasteiger partial charge is 0.167 e. The van der Waals surface area contributed by atoms with E-state index in [1.165, 1.54) is 0 Å². The standard InChI is InChI=1S/C11H18O3/c1-4-8-14-11-9(12-2)6-5-7-10(11)13-3/h5-6,10H,4,7-8H2,1-3H3. The lowest BCUT2D eigenvalue weighted by Crippen LogP contribution is -2.20. The number of ether oxygens (including phenoxy) is 3. The molecule has 80 valence electrons. The lowest BCUT2D eigenvalue weighted by Gasteiger charge is -2.23. The fraction of sp³-hybridized carbons (Fsp3) is 0.636. The van der Waals surface area contributed by atoms with Gasteiger partial charge in [0.25, 0.3) is 0 Å². The molecule has 1 atom stereocenters. The first-order valence-corrected chi connectivity index (χ1v) is 4.93. The first-order chi connectivity index (χ1) is 6.83. The van der Waals surface area contributed by atoms with Crippen molar-refractivity contribution >= 4 is 0 Å². The molecule has 1 aliphatic rings. The molecule has 1 rings (SSSR count). The van der Waals surface area contributed by atoms with Crippen LogP contribution in [0.5, 0.6) is 0 Å². The van der Waals surface area contributed by atoms with Crippen LogP contribution in [0.3, 0.4) is 0 Å². The van der Waals surface area contributed by atoms with Gasteiger partial charge in [0.15, 0.2) is 11.5 Å². The molecule has 0 radical (unpaired) electrons. The molecule has 0 spiro atoms. The molecule has 3 heteroatoms. The normalized spacial score (nSPS) is 21.2. The number of hydrogen-bond donors (Lipinski definition) is 0. The van der Waals surface area contributed by atoms with E-state index >= 15 is 0 Å². The van der Waals surface area contributed by atoms with Crippen molar-refractivity contribution in [2.75, 3.05) is 20.8 Å². The lowest BCUT2D eigenvalue weighted by molar-refractivity contribution is 0.0514. The summed E-state index contributed by atoms with van der Waals surface area (Å²) >= 11 is 0. The number of rotatable bonds is 5. The molecule has 1 aliphatic carbocycles. The predicted octanol–water partition coefficient (Wildman–Crippen LogP) is 2.25. The van der Waals surface area contributed by atoms with Crippen LogP contribution in [0.25, 0.3) is 0 Å². The van der Waals surface area contributed by atoms with Crippen LogP contribution in [-0.4, -0.2) is 26.9 Å². The minimum Gasteiger partial charge on any atom is -0.493 e. The van der Waals surface area contributed by atoms with Crippen molar-refractivity contribution in [2.45, 2.75) is 25.9 Å². The summed E-state index contributed by atoms with van der Waals surface area (Å²) in [6.07, 6.45) is 5.80. The topological polar surface area (TPSA) is 27.7 Å². The van der Waals surface area contributed by atoms with Gasteiger partial charge in [-0.05, 0) is 18.9 Å². The monoisotopic (exact) mass is 198 g/mol. The number of methoxy groups -OCH3 is 2. The average molecular weight is 198 g/mol. The van der Waals surface area contributed by atoms with E-state index in [-0.39, 0.29) is 6.10 Å². The summed E-state index contributed by atoms with van der Waals surface area (Å²) in [6, 6.07) is 0. The van der Waals surface area contributed by atoms with Crippen molar-refractivity contribution in [3.63, 3.8) is 0 Å². The van der Waals surface area contributed by atoms with Gasteiger partial charge < -0.3 is 14.2 Å². The Morgan fingerprint density at radius 3 is 2.79 bits per heavy atom. The summed E-state index contributed by atoms with van der Waals surface area (Å²) in [4.78, 5) is 0. The van der Waals surface area contributed by atoms with Gasteiger partial charge in [-0.2, -0.15) is 0 Å². The maximum absolute atomic E-state index is 5.62. The van der Waals surface area contributed by atoms with Crippen LogP contribution in [0.15, 0.2) is 23.7 Å². The van der Waals surface area contributed by atoms with Gasteiger partial charge >= 0.3 is 0 Å². The Morgan fingerprint density at radius 2 is 2.21 bits per heavy atom. The van der Waals surface area contributed by atoms with Gasteiger partial charge in [0.1, 0.15) is 6.10 Å². The molecule has 1 unspecified atom stereocenters. The van der Waals surface area contributed by atoms with Crippen LogP contribution in [0.2, 0.25) is 0 Å². The Morgan fingerprint density at radius 1 is 1.43 bits per heavy atom. The maximum Gasteiger partial charge on any atom is 0.167 e. The fourth-order valence-corrected chi connectivity index (χ4v) is 1.39. The molecule has 0 aliphatic heterocycles. The third-order valence-corrected chi connectivity index (χ3v) is 2.12. The molecular formula is C11H18O3. The van der Waals surface area contributed by atoms with Gasteiger partial charge in [0.2, 0.25) is 0 Å². The largest absolute Gasteiger partial charge is 0.493 e. The van der Waals surface area contributed by atoms with Crippen LogP contribution in [-0.2, 0) is 14.2 Å². The first-order valence-electron chi connectivity index (χ1n) is 4.93. The third kappa shape index (κ3) is 2.51. The van der Waals surface area contributed by atoms with Gasteiger partial charge in [0, 0.05) is 7.11 Å². The van der Waals surface area contributed by atoms with E-state index in [2.05, 4.69) is 6.92 Å². The van der Waals surface area contributed by atoms with Gasteiger partial charge in [-0.1, -0.05) is 13.0 Å². The Hall–Kier alpha value is -0.960. The van der Waals surface area contributed by atoms with Crippen LogP contribution < -0.4 is 0 Å². The highest BCUT2D eigenvalue weighted by Crippen LogP contribution is 2.23. The second-order valence-corrected chi connectivity index (χ2v) is 3.14. The molecule has 0 N–H and O–H groups in total. The number of hydrogen-bond acceptors (Lipinski definition) is 3. The van der Waals surface area contributed by atoms with E-state index in [9.17, 15) is 0 Å². The second-order valence-electron chi connectivity index (χ2n) is 3.14. The van der Waals surface area contributed by atoms with Crippen molar-refractivity contribution in [1.82, 2.24) is 0 Å². The van der Waals surface area contributed by atoms with E-state index in [1.54, 1.807) is 14.2 Å². The summed E-state index contributed by atoms with van der Waals surface area (Å²) in [5.41, 5.74) is 0. The molecule has 0 saturated carbocycles. The molecule has 0 heterocycles. The van der Waals surface area contributed by atoms with Gasteiger partial charge in [-0.25, -0.2) is 0 Å². The Bertz CT molecular complexity index is 231. The van der Waals surface area contributed by atoms with Crippen LogP contribution >= 0.6 is 0 Å². The van der Waals surface area contributed by atoms with Crippen molar-refractivity contribution in [1.29, 1.82) is 0 Å². The zero-order chi connectivity index (χ0) is 10.4. The minimum atomic E-state index is 0.00139. The fourth-order valence-electron chi connectivity index (χ4n) is 1.39. The van der Waals surface area contributed by atoms with Crippen LogP contribution in [0.4, 0.5) is 0 Å². The Kier molecular flexibility index (Phi) is 4.53. The van der Waals surface area contributed by atoms with Crippen molar-refractivity contribution < 1.29 is 14.2 Å². The van der Waals surface area contributed by atoms with E-state index in [4.69, 9.17) is 14.2 Å². The quantitative estimate of drug-likeness (QED) is 0.678. The van der Waals surface area contributed by atoms with E-state index in [0.29, 0.717) is 6.61 Å². The van der Waals surface area contributed by atoms with Crippen molar-refractivity contribution in [3.05, 3.63) is 23.7 Å². The molecular weight excluding hydrogens is 180 g/mol. The zero-order valence-corrected chi connectivity index (χ0v) is 9.08. The Labute approximate surface area is 85.3 Å². The summed E-state index contributed by atoms with van der Waals surface area (Å²) in [7, 11) is 3.33. The summed E-state index contributed by atoms with van der Waals surface area (Å²) in [6.45, 7) is 2.78. The molecule has 3 nitrogen and oxygen atoms in total. The van der Waals surface area contributed by atoms with Crippen LogP contribution in [0, 0.1) is 0 Å².